The monoisotopic (exact) mass is 471 g/mol. The van der Waals surface area contributed by atoms with Crippen LogP contribution in [0.3, 0.4) is 0 Å². The second-order valence-corrected chi connectivity index (χ2v) is 10.0. The summed E-state index contributed by atoms with van der Waals surface area (Å²) in [4.78, 5) is 2.61. The molecule has 184 valence electrons. The van der Waals surface area contributed by atoms with E-state index in [0.717, 1.165) is 56.0 Å². The maximum Gasteiger partial charge on any atom is 0.416 e. The van der Waals surface area contributed by atoms with E-state index >= 15 is 0 Å². The number of hydrogen-bond donors (Lipinski definition) is 0. The maximum absolute atomic E-state index is 13.2. The van der Waals surface area contributed by atoms with E-state index in [-0.39, 0.29) is 5.92 Å². The molecule has 0 aromatic heterocycles. The summed E-state index contributed by atoms with van der Waals surface area (Å²) in [5, 5.41) is 0. The smallest absolute Gasteiger partial charge is 0.416 e. The predicted octanol–water partition coefficient (Wildman–Crippen LogP) is 7.81. The standard InChI is InChI=1S/C29H36F3NO/c1-3-34-21(2)17-24-11-16-28(27(18-24)25-12-14-26(15-13-25)29(30,31)32)33(20-23-9-10-23)19-22-7-5-4-6-8-22/h4-8,12-15,23-24,27-28H,2-3,9-11,16-20H2,1H3/t24-,27-,28+/m0/s1. The second kappa shape index (κ2) is 11.0. The van der Waals surface area contributed by atoms with Crippen LogP contribution in [-0.4, -0.2) is 24.1 Å². The first-order chi connectivity index (χ1) is 16.3. The van der Waals surface area contributed by atoms with Crippen LogP contribution in [0.2, 0.25) is 0 Å². The van der Waals surface area contributed by atoms with Gasteiger partial charge >= 0.3 is 6.18 Å². The molecular formula is C29H36F3NO. The van der Waals surface area contributed by atoms with E-state index in [2.05, 4.69) is 35.7 Å². The minimum absolute atomic E-state index is 0.193. The van der Waals surface area contributed by atoms with Crippen molar-refractivity contribution in [3.63, 3.8) is 0 Å². The zero-order valence-electron chi connectivity index (χ0n) is 20.1. The van der Waals surface area contributed by atoms with Gasteiger partial charge in [-0.3, -0.25) is 4.90 Å². The Morgan fingerprint density at radius 1 is 0.971 bits per heavy atom. The van der Waals surface area contributed by atoms with Crippen molar-refractivity contribution in [1.82, 2.24) is 4.90 Å². The SMILES string of the molecule is C=C(C[C@@H]1CC[C@@H](N(Cc2ccccc2)CC2CC2)[C@H](c2ccc(C(F)(F)F)cc2)C1)OCC. The molecule has 5 heteroatoms. The first-order valence-electron chi connectivity index (χ1n) is 12.6. The van der Waals surface area contributed by atoms with Crippen LogP contribution in [0.25, 0.3) is 0 Å². The molecule has 0 unspecified atom stereocenters. The minimum atomic E-state index is -4.31. The molecule has 0 radical (unpaired) electrons. The third-order valence-electron chi connectivity index (χ3n) is 7.34. The van der Waals surface area contributed by atoms with Crippen LogP contribution in [0.5, 0.6) is 0 Å². The third kappa shape index (κ3) is 6.65. The van der Waals surface area contributed by atoms with E-state index in [9.17, 15) is 13.2 Å². The normalized spacial score (nSPS) is 23.1. The Morgan fingerprint density at radius 2 is 1.65 bits per heavy atom. The number of ether oxygens (including phenoxy) is 1. The fourth-order valence-electron chi connectivity index (χ4n) is 5.49. The lowest BCUT2D eigenvalue weighted by Gasteiger charge is -2.43. The van der Waals surface area contributed by atoms with Crippen molar-refractivity contribution in [3.8, 4) is 0 Å². The number of nitrogens with zero attached hydrogens (tertiary/aromatic N) is 1. The van der Waals surface area contributed by atoms with Crippen LogP contribution in [0, 0.1) is 11.8 Å². The maximum atomic E-state index is 13.2. The highest BCUT2D eigenvalue weighted by atomic mass is 19.4. The van der Waals surface area contributed by atoms with Crippen LogP contribution in [0.4, 0.5) is 13.2 Å². The van der Waals surface area contributed by atoms with Gasteiger partial charge in [0.1, 0.15) is 0 Å². The van der Waals surface area contributed by atoms with Gasteiger partial charge in [-0.2, -0.15) is 13.2 Å². The average molecular weight is 472 g/mol. The third-order valence-corrected chi connectivity index (χ3v) is 7.34. The van der Waals surface area contributed by atoms with E-state index in [1.807, 2.05) is 13.0 Å². The summed E-state index contributed by atoms with van der Waals surface area (Å²) in [5.41, 5.74) is 1.73. The average Bonchev–Trinajstić information content (AvgIpc) is 3.63. The van der Waals surface area contributed by atoms with Gasteiger partial charge in [0.05, 0.1) is 17.9 Å². The predicted molar refractivity (Wildman–Crippen MR) is 130 cm³/mol. The van der Waals surface area contributed by atoms with Crippen LogP contribution < -0.4 is 0 Å². The lowest BCUT2D eigenvalue weighted by Crippen LogP contribution is -2.43. The molecule has 0 aliphatic heterocycles. The van der Waals surface area contributed by atoms with Gasteiger partial charge in [-0.1, -0.05) is 49.0 Å². The molecule has 2 saturated carbocycles. The molecule has 2 aromatic carbocycles. The van der Waals surface area contributed by atoms with Gasteiger partial charge in [0.25, 0.3) is 0 Å². The Morgan fingerprint density at radius 3 is 2.26 bits per heavy atom. The lowest BCUT2D eigenvalue weighted by molar-refractivity contribution is -0.137. The van der Waals surface area contributed by atoms with Crippen molar-refractivity contribution in [2.75, 3.05) is 13.2 Å². The number of alkyl halides is 3. The summed E-state index contributed by atoms with van der Waals surface area (Å²) in [6.07, 6.45) is 2.13. The highest BCUT2D eigenvalue weighted by Gasteiger charge is 2.38. The van der Waals surface area contributed by atoms with Crippen LogP contribution >= 0.6 is 0 Å². The van der Waals surface area contributed by atoms with E-state index in [0.29, 0.717) is 18.6 Å². The summed E-state index contributed by atoms with van der Waals surface area (Å²) in [6, 6.07) is 16.8. The molecule has 34 heavy (non-hydrogen) atoms. The van der Waals surface area contributed by atoms with Crippen molar-refractivity contribution in [2.24, 2.45) is 11.8 Å². The molecule has 2 nitrogen and oxygen atoms in total. The Bertz CT molecular complexity index is 921. The quantitative estimate of drug-likeness (QED) is 0.328. The zero-order chi connectivity index (χ0) is 24.1. The van der Waals surface area contributed by atoms with E-state index in [1.54, 1.807) is 12.1 Å². The first kappa shape index (κ1) is 24.8. The summed E-state index contributed by atoms with van der Waals surface area (Å²) in [7, 11) is 0. The van der Waals surface area contributed by atoms with Gasteiger partial charge in [-0.25, -0.2) is 0 Å². The van der Waals surface area contributed by atoms with Gasteiger partial charge in [-0.05, 0) is 80.0 Å². The molecule has 2 aromatic rings. The Balaban J connectivity index is 1.59. The lowest BCUT2D eigenvalue weighted by atomic mass is 9.72. The number of allylic oxidation sites excluding steroid dienone is 1. The van der Waals surface area contributed by atoms with E-state index < -0.39 is 11.7 Å². The molecule has 2 aliphatic carbocycles. The summed E-state index contributed by atoms with van der Waals surface area (Å²) < 4.78 is 45.2. The number of benzene rings is 2. The second-order valence-electron chi connectivity index (χ2n) is 10.0. The molecule has 0 bridgehead atoms. The van der Waals surface area contributed by atoms with E-state index in [4.69, 9.17) is 4.74 Å². The molecule has 0 amide bonds. The Hall–Kier alpha value is -2.27. The number of halogens is 3. The molecular weight excluding hydrogens is 435 g/mol. The molecule has 4 rings (SSSR count). The molecule has 3 atom stereocenters. The highest BCUT2D eigenvalue weighted by Crippen LogP contribution is 2.44. The largest absolute Gasteiger partial charge is 0.499 e. The fourth-order valence-corrected chi connectivity index (χ4v) is 5.49. The van der Waals surface area contributed by atoms with Crippen molar-refractivity contribution in [1.29, 1.82) is 0 Å². The molecule has 0 saturated heterocycles. The van der Waals surface area contributed by atoms with Crippen LogP contribution in [0.15, 0.2) is 66.9 Å². The van der Waals surface area contributed by atoms with Crippen molar-refractivity contribution in [3.05, 3.63) is 83.6 Å². The molecule has 0 heterocycles. The van der Waals surface area contributed by atoms with Gasteiger partial charge in [-0.15, -0.1) is 0 Å². The molecule has 2 fully saturated rings. The van der Waals surface area contributed by atoms with Crippen LogP contribution in [-0.2, 0) is 17.5 Å². The fraction of sp³-hybridized carbons (Fsp3) is 0.517. The Labute approximate surface area is 201 Å². The minimum Gasteiger partial charge on any atom is -0.499 e. The van der Waals surface area contributed by atoms with E-state index in [1.165, 1.54) is 30.5 Å². The van der Waals surface area contributed by atoms with Gasteiger partial charge < -0.3 is 4.74 Å². The van der Waals surface area contributed by atoms with Crippen molar-refractivity contribution < 1.29 is 17.9 Å². The van der Waals surface area contributed by atoms with Crippen LogP contribution in [0.1, 0.15) is 68.1 Å². The zero-order valence-corrected chi connectivity index (χ0v) is 20.1. The Kier molecular flexibility index (Phi) is 8.02. The first-order valence-corrected chi connectivity index (χ1v) is 12.6. The number of rotatable bonds is 10. The van der Waals surface area contributed by atoms with Crippen molar-refractivity contribution >= 4 is 0 Å². The summed E-state index contributed by atoms with van der Waals surface area (Å²) >= 11 is 0. The topological polar surface area (TPSA) is 12.5 Å². The number of hydrogen-bond acceptors (Lipinski definition) is 2. The van der Waals surface area contributed by atoms with Gasteiger partial charge in [0.2, 0.25) is 0 Å². The summed E-state index contributed by atoms with van der Waals surface area (Å²) in [5.74, 6) is 2.18. The highest BCUT2D eigenvalue weighted by molar-refractivity contribution is 5.29. The van der Waals surface area contributed by atoms with Gasteiger partial charge in [0.15, 0.2) is 0 Å². The summed E-state index contributed by atoms with van der Waals surface area (Å²) in [6.45, 7) is 8.60. The molecule has 0 N–H and O–H groups in total. The molecule has 2 aliphatic rings. The molecule has 0 spiro atoms. The van der Waals surface area contributed by atoms with Gasteiger partial charge in [0, 0.05) is 25.6 Å². The van der Waals surface area contributed by atoms with Crippen molar-refractivity contribution in [2.45, 2.75) is 70.1 Å².